The third-order valence-electron chi connectivity index (χ3n) is 27.3. The number of para-hydroxylation sites is 3. The zero-order valence-electron chi connectivity index (χ0n) is 77.6. The predicted octanol–water partition coefficient (Wildman–Crippen LogP) is 9.59. The molecule has 724 valence electrons. The van der Waals surface area contributed by atoms with Crippen LogP contribution < -0.4 is 31.6 Å². The second-order valence-electron chi connectivity index (χ2n) is 35.6. The summed E-state index contributed by atoms with van der Waals surface area (Å²) in [6.45, 7) is 16.9. The lowest BCUT2D eigenvalue weighted by Crippen LogP contribution is -2.58. The summed E-state index contributed by atoms with van der Waals surface area (Å²) in [7, 11) is 3.47. The molecule has 8 bridgehead atoms. The fourth-order valence-electron chi connectivity index (χ4n) is 20.5. The number of aliphatic hydroxyl groups is 2. The topological polar surface area (TPSA) is 435 Å². The Morgan fingerprint density at radius 3 is 1.05 bits per heavy atom. The first-order valence-corrected chi connectivity index (χ1v) is 46.3. The molecular formula is C105H105N17O19. The van der Waals surface area contributed by atoms with Crippen molar-refractivity contribution in [3.63, 3.8) is 0 Å². The number of Topliss-reactive ketones (excluding diaryl/α,β-unsaturated/α-hetero) is 2. The molecule has 0 aliphatic carbocycles. The lowest BCUT2D eigenvalue weighted by molar-refractivity contribution is -0.134. The number of urea groups is 4. The molecule has 8 aliphatic heterocycles. The fraction of sp³-hybridized carbons (Fsp3) is 0.276. The van der Waals surface area contributed by atoms with Crippen molar-refractivity contribution in [3.05, 3.63) is 316 Å². The maximum Gasteiger partial charge on any atom is 0.327 e. The third-order valence-corrected chi connectivity index (χ3v) is 27.3. The van der Waals surface area contributed by atoms with Crippen LogP contribution in [0, 0.1) is 0 Å². The second-order valence-corrected chi connectivity index (χ2v) is 35.6. The van der Waals surface area contributed by atoms with E-state index in [0.717, 1.165) is 108 Å². The zero-order chi connectivity index (χ0) is 99.3. The van der Waals surface area contributed by atoms with Gasteiger partial charge >= 0.3 is 24.1 Å². The number of ketones is 2. The van der Waals surface area contributed by atoms with Gasteiger partial charge in [-0.25, -0.2) is 30.1 Å². The predicted molar refractivity (Wildman–Crippen MR) is 519 cm³/mol. The van der Waals surface area contributed by atoms with Gasteiger partial charge in [0.25, 0.3) is 11.8 Å². The summed E-state index contributed by atoms with van der Waals surface area (Å²) in [5.74, 6) is -3.98. The molecule has 4 fully saturated rings. The van der Waals surface area contributed by atoms with Crippen LogP contribution in [-0.4, -0.2) is 260 Å². The molecule has 8 aromatic carbocycles. The van der Waals surface area contributed by atoms with E-state index in [0.29, 0.717) is 132 Å². The average Bonchev–Trinajstić information content (AvgIpc) is 1.61. The Morgan fingerprint density at radius 2 is 0.695 bits per heavy atom. The summed E-state index contributed by atoms with van der Waals surface area (Å²) in [5.41, 5.74) is 20.9. The highest BCUT2D eigenvalue weighted by Crippen LogP contribution is 2.47. The van der Waals surface area contributed by atoms with Crippen LogP contribution in [-0.2, 0) is 81.1 Å². The fourth-order valence-corrected chi connectivity index (χ4v) is 20.5. The molecule has 36 heteroatoms. The van der Waals surface area contributed by atoms with Crippen LogP contribution in [0.5, 0.6) is 5.75 Å². The van der Waals surface area contributed by atoms with E-state index in [2.05, 4.69) is 78.2 Å². The summed E-state index contributed by atoms with van der Waals surface area (Å²) in [4.78, 5) is 187. The normalized spacial score (nSPS) is 16.9. The Morgan fingerprint density at radius 1 is 0.376 bits per heavy atom. The quantitative estimate of drug-likeness (QED) is 0.00692. The van der Waals surface area contributed by atoms with Crippen LogP contribution >= 0.6 is 0 Å². The molecule has 4 aromatic heterocycles. The number of methoxy groups -OCH3 is 1. The van der Waals surface area contributed by atoms with E-state index < -0.39 is 42.8 Å². The largest absolute Gasteiger partial charge is 0.497 e. The van der Waals surface area contributed by atoms with E-state index >= 15 is 0 Å². The summed E-state index contributed by atoms with van der Waals surface area (Å²) >= 11 is 0. The molecule has 4 atom stereocenters. The molecule has 20 rings (SSSR count). The van der Waals surface area contributed by atoms with Crippen molar-refractivity contribution in [2.75, 3.05) is 99.4 Å². The Labute approximate surface area is 808 Å². The van der Waals surface area contributed by atoms with Crippen molar-refractivity contribution in [2.24, 2.45) is 0 Å². The van der Waals surface area contributed by atoms with Crippen molar-refractivity contribution < 1.29 is 92.5 Å². The van der Waals surface area contributed by atoms with Crippen molar-refractivity contribution in [1.82, 2.24) is 84.4 Å². The third kappa shape index (κ3) is 19.1. The Hall–Kier alpha value is -16.4. The molecule has 12 heterocycles. The highest BCUT2D eigenvalue weighted by Gasteiger charge is 2.50. The molecule has 141 heavy (non-hydrogen) atoms. The highest BCUT2D eigenvalue weighted by atomic mass is 16.5. The number of hydrogen-bond donors (Lipinski definition) is 9. The molecule has 4 saturated heterocycles. The molecule has 0 spiro atoms. The lowest BCUT2D eigenvalue weighted by atomic mass is 9.88. The maximum absolute atomic E-state index is 13.7. The minimum atomic E-state index is -0.595. The summed E-state index contributed by atoms with van der Waals surface area (Å²) in [6.07, 6.45) is 4.41. The van der Waals surface area contributed by atoms with E-state index in [9.17, 15) is 67.1 Å². The number of nitrogens with one attached hydrogen (secondary N) is 5. The molecule has 36 nitrogen and oxygen atoms in total. The van der Waals surface area contributed by atoms with Crippen LogP contribution in [0.3, 0.4) is 0 Å². The van der Waals surface area contributed by atoms with Gasteiger partial charge in [-0.3, -0.25) is 73.1 Å². The number of amides is 16. The maximum atomic E-state index is 13.7. The van der Waals surface area contributed by atoms with Gasteiger partial charge in [0.2, 0.25) is 35.4 Å². The van der Waals surface area contributed by atoms with E-state index in [4.69, 9.17) is 25.4 Å². The number of aromatic nitrogens is 4. The van der Waals surface area contributed by atoms with Crippen molar-refractivity contribution >= 4 is 127 Å². The molecule has 8 aliphatic rings. The smallest absolute Gasteiger partial charge is 0.327 e. The van der Waals surface area contributed by atoms with Crippen molar-refractivity contribution in [1.29, 1.82) is 0 Å². The van der Waals surface area contributed by atoms with Gasteiger partial charge in [0, 0.05) is 200 Å². The van der Waals surface area contributed by atoms with E-state index in [1.807, 2.05) is 120 Å². The van der Waals surface area contributed by atoms with Gasteiger partial charge < -0.3 is 73.7 Å². The number of aliphatic hydroxyl groups excluding tert-OH is 2. The van der Waals surface area contributed by atoms with Crippen molar-refractivity contribution in [3.8, 4) is 5.75 Å². The number of imide groups is 3. The Bertz CT molecular complexity index is 7060. The standard InChI is InChI=1S/C28H29N5O6.C28H28N4O5.C26H25N5O5.C23H23N3O3/c1-3-24(34)29-11-4-12-32-27(36)21-15-31(28(32)37)16-23-25(21)20-13-19(39-2)9-10-22(20)33(23)14-17-5-7-18(8-6-17)26(35)30-38;1-2-25(35)29-12-5-13-31-27(36)21-15-30(28(31)37)16-23-26(21)20-6-3-4-7-22(20)32(23)14-18-8-10-19(11-9-18)24(34)17-33;1-2-22(32)27-11-12-30-25(34)19-14-29(26(30)35)15-21-23(19)18-5-3-4-6-20(18)31(21)13-16-7-9-17(10-8-16)24(33)28-36;1-24-11-17-12-25(23(24)29)13-20-22(17)18-4-2-3-5-19(18)26(20)10-15-6-8-16(9-7-15)21(28)14-27/h3,5-10,13,21,38H,1,4,11-12,14-16H2,2H3,(H,29,34)(H,30,35);2-4,6-11,21,33H,1,5,12-17H2,(H,29,35);2-10,19,36H,1,11-15H2,(H,27,32)(H,28,33);2-9,17,27H,10-14H2,1H3. The number of rotatable bonds is 29. The van der Waals surface area contributed by atoms with Gasteiger partial charge in [-0.15, -0.1) is 0 Å². The van der Waals surface area contributed by atoms with E-state index in [-0.39, 0.29) is 97.3 Å². The number of likely N-dealkylation sites (N-methyl/N-ethyl adjacent to an activating group) is 1. The van der Waals surface area contributed by atoms with E-state index in [1.54, 1.807) is 93.4 Å². The van der Waals surface area contributed by atoms with Gasteiger partial charge in [0.15, 0.2) is 11.6 Å². The number of hydroxylamine groups is 2. The molecular weight excluding hydrogens is 1800 g/mol. The van der Waals surface area contributed by atoms with Crippen LogP contribution in [0.4, 0.5) is 19.2 Å². The number of fused-ring (bicyclic) bond motifs is 24. The van der Waals surface area contributed by atoms with Gasteiger partial charge in [0.05, 0.1) is 51.0 Å². The van der Waals surface area contributed by atoms with Gasteiger partial charge in [0.1, 0.15) is 19.0 Å². The number of carbonyl (C=O) groups is 14. The Balaban J connectivity index is 0.000000130. The first-order valence-electron chi connectivity index (χ1n) is 46.3. The number of benzene rings is 8. The Kier molecular flexibility index (Phi) is 28.3. The molecule has 12 aromatic rings. The van der Waals surface area contributed by atoms with Gasteiger partial charge in [-0.05, 0) is 136 Å². The molecule has 9 N–H and O–H groups in total. The van der Waals surface area contributed by atoms with Crippen LogP contribution in [0.2, 0.25) is 0 Å². The van der Waals surface area contributed by atoms with Gasteiger partial charge in [-0.1, -0.05) is 147 Å². The van der Waals surface area contributed by atoms with E-state index in [1.165, 1.54) is 49.0 Å². The summed E-state index contributed by atoms with van der Waals surface area (Å²) in [5, 5.41) is 48.0. The first-order chi connectivity index (χ1) is 68.3. The molecule has 0 saturated carbocycles. The van der Waals surface area contributed by atoms with Crippen LogP contribution in [0.25, 0.3) is 43.6 Å². The van der Waals surface area contributed by atoms with Gasteiger partial charge in [-0.2, -0.15) is 0 Å². The second kappa shape index (κ2) is 41.5. The summed E-state index contributed by atoms with van der Waals surface area (Å²) in [6, 6.07) is 57.3. The lowest BCUT2D eigenvalue weighted by Gasteiger charge is -2.42. The monoisotopic (exact) mass is 1910 g/mol. The number of hydrogen-bond acceptors (Lipinski definition) is 19. The summed E-state index contributed by atoms with van der Waals surface area (Å²) < 4.78 is 14.2. The molecule has 16 amide bonds. The SMILES string of the molecule is C=CC(=O)NCCCN1C(=O)C2CN(Cc3c2c2cc(OC)ccc2n3Cc2ccc(C(=O)NO)cc2)C1=O.C=CC(=O)NCCCN1C(=O)C2CN(Cc3c2c2ccccc2n3Cc2ccc(C(=O)CO)cc2)C1=O.C=CC(=O)NCCN1C(=O)C2CN(Cc3c2c2ccccc2n3Cc2ccc(C(=O)NO)cc2)C1=O.CN1CC2CN(Cc3c2c2ccccc2n3Cc2ccc(C(=O)CO)cc2)C1=O. The zero-order valence-corrected chi connectivity index (χ0v) is 77.6. The highest BCUT2D eigenvalue weighted by molar-refractivity contribution is 6.08. The molecule has 0 radical (unpaired) electrons. The number of ether oxygens (including phenoxy) is 1. The van der Waals surface area contributed by atoms with Crippen LogP contribution in [0.15, 0.2) is 226 Å². The minimum absolute atomic E-state index is 0.0893. The van der Waals surface area contributed by atoms with Crippen molar-refractivity contribution in [2.45, 2.75) is 88.9 Å². The number of carbonyl (C=O) groups excluding carboxylic acids is 14. The average molecular weight is 1910 g/mol. The number of nitrogens with zero attached hydrogens (tertiary/aromatic N) is 12. The molecule has 4 unspecified atom stereocenters. The first kappa shape index (κ1) is 96.3. The van der Waals surface area contributed by atoms with Crippen LogP contribution in [0.1, 0.15) is 145 Å². The minimum Gasteiger partial charge on any atom is -0.497 e.